The number of hydrogen-bond donors (Lipinski definition) is 0. The SMILES string of the molecule is Cc1cccc(Sc2ccc([N+](=O)[O-])cc2S(C)(=O)=O)c1. The molecule has 0 amide bonds. The van der Waals surface area contributed by atoms with E-state index in [-0.39, 0.29) is 10.6 Å². The number of nitro benzene ring substituents is 1. The van der Waals surface area contributed by atoms with E-state index in [1.54, 1.807) is 0 Å². The first-order valence-electron chi connectivity index (χ1n) is 6.00. The van der Waals surface area contributed by atoms with Gasteiger partial charge in [0.25, 0.3) is 5.69 Å². The molecular weight excluding hydrogens is 310 g/mol. The van der Waals surface area contributed by atoms with Crippen LogP contribution in [0, 0.1) is 17.0 Å². The molecule has 0 N–H and O–H groups in total. The largest absolute Gasteiger partial charge is 0.270 e. The molecule has 0 aliphatic heterocycles. The summed E-state index contributed by atoms with van der Waals surface area (Å²) in [5.41, 5.74) is 0.826. The lowest BCUT2D eigenvalue weighted by Gasteiger charge is -2.08. The number of non-ortho nitro benzene ring substituents is 1. The lowest BCUT2D eigenvalue weighted by molar-refractivity contribution is -0.385. The predicted molar refractivity (Wildman–Crippen MR) is 81.5 cm³/mol. The Balaban J connectivity index is 2.51. The minimum absolute atomic E-state index is 0.0248. The Labute approximate surface area is 127 Å². The maximum Gasteiger partial charge on any atom is 0.270 e. The van der Waals surface area contributed by atoms with Crippen LogP contribution < -0.4 is 0 Å². The van der Waals surface area contributed by atoms with Crippen molar-refractivity contribution in [2.75, 3.05) is 6.26 Å². The summed E-state index contributed by atoms with van der Waals surface area (Å²) in [7, 11) is -3.54. The molecule has 21 heavy (non-hydrogen) atoms. The number of hydrogen-bond acceptors (Lipinski definition) is 5. The number of nitrogens with zero attached hydrogens (tertiary/aromatic N) is 1. The van der Waals surface area contributed by atoms with Crippen LogP contribution >= 0.6 is 11.8 Å². The van der Waals surface area contributed by atoms with Crippen molar-refractivity contribution in [3.63, 3.8) is 0 Å². The summed E-state index contributed by atoms with van der Waals surface area (Å²) in [5, 5.41) is 10.8. The van der Waals surface area contributed by atoms with Crippen LogP contribution in [0.3, 0.4) is 0 Å². The van der Waals surface area contributed by atoms with Crippen molar-refractivity contribution < 1.29 is 13.3 Å². The third kappa shape index (κ3) is 3.83. The molecule has 2 aromatic carbocycles. The fourth-order valence-corrected chi connectivity index (χ4v) is 4.08. The summed E-state index contributed by atoms with van der Waals surface area (Å²) in [4.78, 5) is 11.5. The molecule has 0 bridgehead atoms. The van der Waals surface area contributed by atoms with Gasteiger partial charge in [-0.25, -0.2) is 8.42 Å². The molecule has 0 unspecified atom stereocenters. The standard InChI is InChI=1S/C14H13NO4S2/c1-10-4-3-5-12(8-10)20-13-7-6-11(15(16)17)9-14(13)21(2,18)19/h3-9H,1-2H3. The van der Waals surface area contributed by atoms with E-state index in [0.29, 0.717) is 4.90 Å². The Hall–Kier alpha value is -1.86. The van der Waals surface area contributed by atoms with Gasteiger partial charge in [-0.15, -0.1) is 0 Å². The average Bonchev–Trinajstić information content (AvgIpc) is 2.37. The number of rotatable bonds is 4. The van der Waals surface area contributed by atoms with Crippen molar-refractivity contribution in [1.82, 2.24) is 0 Å². The summed E-state index contributed by atoms with van der Waals surface area (Å²) in [6.07, 6.45) is 1.05. The predicted octanol–water partition coefficient (Wildman–Crippen LogP) is 3.46. The third-order valence-electron chi connectivity index (χ3n) is 2.75. The highest BCUT2D eigenvalue weighted by molar-refractivity contribution is 8.00. The first-order valence-corrected chi connectivity index (χ1v) is 8.71. The van der Waals surface area contributed by atoms with Crippen LogP contribution in [0.4, 0.5) is 5.69 Å². The Morgan fingerprint density at radius 1 is 1.14 bits per heavy atom. The lowest BCUT2D eigenvalue weighted by Crippen LogP contribution is -2.01. The zero-order chi connectivity index (χ0) is 15.6. The van der Waals surface area contributed by atoms with Gasteiger partial charge >= 0.3 is 0 Å². The van der Waals surface area contributed by atoms with Crippen molar-refractivity contribution in [3.05, 3.63) is 58.1 Å². The fraction of sp³-hybridized carbons (Fsp3) is 0.143. The average molecular weight is 323 g/mol. The third-order valence-corrected chi connectivity index (χ3v) is 5.09. The van der Waals surface area contributed by atoms with E-state index in [0.717, 1.165) is 22.8 Å². The smallest absolute Gasteiger partial charge is 0.258 e. The molecule has 5 nitrogen and oxygen atoms in total. The van der Waals surface area contributed by atoms with Crippen LogP contribution in [0.5, 0.6) is 0 Å². The van der Waals surface area contributed by atoms with E-state index >= 15 is 0 Å². The normalized spacial score (nSPS) is 11.3. The fourth-order valence-electron chi connectivity index (χ4n) is 1.79. The van der Waals surface area contributed by atoms with Gasteiger partial charge in [0.05, 0.1) is 9.82 Å². The summed E-state index contributed by atoms with van der Waals surface area (Å²) in [6, 6.07) is 11.5. The first kappa shape index (κ1) is 15.5. The quantitative estimate of drug-likeness (QED) is 0.636. The molecule has 0 spiro atoms. The molecule has 2 aromatic rings. The summed E-state index contributed by atoms with van der Waals surface area (Å²) in [6.45, 7) is 1.94. The maximum atomic E-state index is 11.8. The minimum Gasteiger partial charge on any atom is -0.258 e. The van der Waals surface area contributed by atoms with Crippen LogP contribution in [-0.4, -0.2) is 19.6 Å². The minimum atomic E-state index is -3.54. The molecule has 0 aliphatic rings. The number of sulfone groups is 1. The second-order valence-electron chi connectivity index (χ2n) is 4.58. The number of benzene rings is 2. The van der Waals surface area contributed by atoms with Crippen molar-refractivity contribution >= 4 is 27.3 Å². The highest BCUT2D eigenvalue weighted by atomic mass is 32.2. The zero-order valence-electron chi connectivity index (χ0n) is 11.4. The molecule has 0 aromatic heterocycles. The van der Waals surface area contributed by atoms with E-state index in [4.69, 9.17) is 0 Å². The highest BCUT2D eigenvalue weighted by Crippen LogP contribution is 2.35. The van der Waals surface area contributed by atoms with Gasteiger partial charge in [0.1, 0.15) is 0 Å². The summed E-state index contributed by atoms with van der Waals surface area (Å²) < 4.78 is 23.7. The molecule has 0 fully saturated rings. The van der Waals surface area contributed by atoms with E-state index < -0.39 is 14.8 Å². The van der Waals surface area contributed by atoms with Gasteiger partial charge in [-0.1, -0.05) is 29.5 Å². The molecule has 110 valence electrons. The Morgan fingerprint density at radius 3 is 2.43 bits per heavy atom. The maximum absolute atomic E-state index is 11.8. The lowest BCUT2D eigenvalue weighted by atomic mass is 10.2. The van der Waals surface area contributed by atoms with Crippen LogP contribution in [0.1, 0.15) is 5.56 Å². The first-order chi connectivity index (χ1) is 9.77. The van der Waals surface area contributed by atoms with Gasteiger partial charge in [-0.2, -0.15) is 0 Å². The van der Waals surface area contributed by atoms with E-state index in [9.17, 15) is 18.5 Å². The van der Waals surface area contributed by atoms with E-state index in [1.165, 1.54) is 23.9 Å². The highest BCUT2D eigenvalue weighted by Gasteiger charge is 2.19. The molecule has 7 heteroatoms. The van der Waals surface area contributed by atoms with Gasteiger partial charge in [0.15, 0.2) is 9.84 Å². The molecule has 0 saturated heterocycles. The summed E-state index contributed by atoms with van der Waals surface area (Å²) >= 11 is 1.27. The van der Waals surface area contributed by atoms with Gasteiger partial charge in [0.2, 0.25) is 0 Å². The molecule has 2 rings (SSSR count). The second kappa shape index (κ2) is 5.87. The van der Waals surface area contributed by atoms with Crippen LogP contribution in [0.25, 0.3) is 0 Å². The zero-order valence-corrected chi connectivity index (χ0v) is 13.1. The van der Waals surface area contributed by atoms with Crippen molar-refractivity contribution in [2.24, 2.45) is 0 Å². The van der Waals surface area contributed by atoms with E-state index in [2.05, 4.69) is 0 Å². The van der Waals surface area contributed by atoms with E-state index in [1.807, 2.05) is 31.2 Å². The van der Waals surface area contributed by atoms with Crippen molar-refractivity contribution in [1.29, 1.82) is 0 Å². The van der Waals surface area contributed by atoms with Crippen molar-refractivity contribution in [2.45, 2.75) is 21.6 Å². The number of nitro groups is 1. The second-order valence-corrected chi connectivity index (χ2v) is 7.68. The Kier molecular flexibility index (Phi) is 4.34. The Morgan fingerprint density at radius 2 is 1.86 bits per heavy atom. The van der Waals surface area contributed by atoms with Gasteiger partial charge in [-0.05, 0) is 25.1 Å². The molecular formula is C14H13NO4S2. The van der Waals surface area contributed by atoms with Crippen LogP contribution in [0.15, 0.2) is 57.2 Å². The Bertz CT molecular complexity index is 800. The summed E-state index contributed by atoms with van der Waals surface area (Å²) in [5.74, 6) is 0. The van der Waals surface area contributed by atoms with Gasteiger partial charge < -0.3 is 0 Å². The molecule has 0 aliphatic carbocycles. The monoisotopic (exact) mass is 323 g/mol. The number of aryl methyl sites for hydroxylation is 1. The molecule has 0 radical (unpaired) electrons. The molecule has 0 heterocycles. The van der Waals surface area contributed by atoms with Gasteiger partial charge in [-0.3, -0.25) is 10.1 Å². The van der Waals surface area contributed by atoms with Gasteiger partial charge in [0, 0.05) is 28.2 Å². The van der Waals surface area contributed by atoms with Crippen molar-refractivity contribution in [3.8, 4) is 0 Å². The van der Waals surface area contributed by atoms with Crippen LogP contribution in [0.2, 0.25) is 0 Å². The molecule has 0 atom stereocenters. The topological polar surface area (TPSA) is 77.3 Å². The van der Waals surface area contributed by atoms with Crippen LogP contribution in [-0.2, 0) is 9.84 Å². The molecule has 0 saturated carbocycles.